The number of hydrogen-bond donors (Lipinski definition) is 1. The van der Waals surface area contributed by atoms with E-state index in [1.165, 1.54) is 6.92 Å². The highest BCUT2D eigenvalue weighted by Gasteiger charge is 2.43. The monoisotopic (exact) mass is 232 g/mol. The van der Waals surface area contributed by atoms with Crippen LogP contribution in [0.3, 0.4) is 0 Å². The van der Waals surface area contributed by atoms with Gasteiger partial charge in [-0.25, -0.2) is 0 Å². The zero-order chi connectivity index (χ0) is 12.8. The Bertz CT molecular complexity index is 494. The highest BCUT2D eigenvalue weighted by atomic mass is 16.3. The Morgan fingerprint density at radius 1 is 1.47 bits per heavy atom. The predicted molar refractivity (Wildman–Crippen MR) is 64.5 cm³/mol. The van der Waals surface area contributed by atoms with Crippen LogP contribution in [0.4, 0.5) is 0 Å². The summed E-state index contributed by atoms with van der Waals surface area (Å²) in [6.45, 7) is 5.29. The molecule has 0 bridgehead atoms. The molecule has 0 amide bonds. The lowest BCUT2D eigenvalue weighted by atomic mass is 9.62. The van der Waals surface area contributed by atoms with Crippen LogP contribution < -0.4 is 0 Å². The zero-order valence-corrected chi connectivity index (χ0v) is 10.3. The van der Waals surface area contributed by atoms with E-state index in [2.05, 4.69) is 0 Å². The van der Waals surface area contributed by atoms with Gasteiger partial charge in [0.15, 0.2) is 11.6 Å². The molecule has 0 aromatic heterocycles. The van der Waals surface area contributed by atoms with Crippen molar-refractivity contribution in [2.75, 3.05) is 0 Å². The minimum Gasteiger partial charge on any atom is -0.508 e. The number of aliphatic hydroxyl groups is 1. The van der Waals surface area contributed by atoms with E-state index in [1.54, 1.807) is 18.2 Å². The molecule has 2 aliphatic rings. The maximum Gasteiger partial charge on any atom is 0.159 e. The lowest BCUT2D eigenvalue weighted by Gasteiger charge is -2.41. The Kier molecular flexibility index (Phi) is 2.57. The van der Waals surface area contributed by atoms with Gasteiger partial charge in [0.2, 0.25) is 0 Å². The number of carbonyl (C=O) groups is 2. The Morgan fingerprint density at radius 3 is 2.71 bits per heavy atom. The summed E-state index contributed by atoms with van der Waals surface area (Å²) in [4.78, 5) is 23.2. The summed E-state index contributed by atoms with van der Waals surface area (Å²) in [7, 11) is 0. The van der Waals surface area contributed by atoms with Crippen molar-refractivity contribution >= 4 is 11.6 Å². The number of carbonyl (C=O) groups excluding carboxylic acids is 2. The van der Waals surface area contributed by atoms with Crippen LogP contribution in [-0.2, 0) is 9.59 Å². The maximum atomic E-state index is 11.7. The standard InChI is InChI=1S/C14H16O3/c1-8-12(16)5-4-10-6-13(17)11(9(2)15)7-14(8,10)3/h4-6,8,17H,7H2,1-3H3/t8-,14+/m0/s1. The average Bonchev–Trinajstić information content (AvgIpc) is 2.26. The number of allylic oxidation sites excluding steroid dienone is 5. The predicted octanol–water partition coefficient (Wildman–Crippen LogP) is 2.50. The third-order valence-electron chi connectivity index (χ3n) is 4.04. The Morgan fingerprint density at radius 2 is 2.12 bits per heavy atom. The van der Waals surface area contributed by atoms with Gasteiger partial charge in [0.1, 0.15) is 5.76 Å². The molecule has 2 aliphatic carbocycles. The van der Waals surface area contributed by atoms with Gasteiger partial charge < -0.3 is 5.11 Å². The SMILES string of the molecule is CC(=O)C1=C(O)C=C2C=CC(=O)[C@H](C)[C@@]2(C)C1. The highest BCUT2D eigenvalue weighted by Crippen LogP contribution is 2.48. The first-order valence-corrected chi connectivity index (χ1v) is 5.73. The van der Waals surface area contributed by atoms with Crippen molar-refractivity contribution in [3.05, 3.63) is 35.1 Å². The van der Waals surface area contributed by atoms with Gasteiger partial charge in [-0.2, -0.15) is 0 Å². The maximum absolute atomic E-state index is 11.7. The van der Waals surface area contributed by atoms with E-state index >= 15 is 0 Å². The van der Waals surface area contributed by atoms with Crippen molar-refractivity contribution in [1.29, 1.82) is 0 Å². The van der Waals surface area contributed by atoms with E-state index in [0.29, 0.717) is 12.0 Å². The first kappa shape index (κ1) is 11.8. The van der Waals surface area contributed by atoms with Gasteiger partial charge in [0.25, 0.3) is 0 Å². The van der Waals surface area contributed by atoms with E-state index in [9.17, 15) is 14.7 Å². The van der Waals surface area contributed by atoms with Crippen LogP contribution in [0.1, 0.15) is 27.2 Å². The van der Waals surface area contributed by atoms with Crippen LogP contribution in [0.5, 0.6) is 0 Å². The molecule has 0 unspecified atom stereocenters. The fourth-order valence-corrected chi connectivity index (χ4v) is 2.54. The molecule has 3 heteroatoms. The third kappa shape index (κ3) is 1.66. The lowest BCUT2D eigenvalue weighted by Crippen LogP contribution is -2.37. The molecule has 0 saturated heterocycles. The largest absolute Gasteiger partial charge is 0.508 e. The molecule has 2 atom stereocenters. The van der Waals surface area contributed by atoms with Crippen LogP contribution in [0.2, 0.25) is 0 Å². The second-order valence-electron chi connectivity index (χ2n) is 5.07. The van der Waals surface area contributed by atoms with Gasteiger partial charge in [-0.3, -0.25) is 9.59 Å². The lowest BCUT2D eigenvalue weighted by molar-refractivity contribution is -0.121. The fourth-order valence-electron chi connectivity index (χ4n) is 2.54. The van der Waals surface area contributed by atoms with Crippen LogP contribution in [0, 0.1) is 11.3 Å². The second kappa shape index (κ2) is 3.69. The van der Waals surface area contributed by atoms with E-state index in [1.807, 2.05) is 13.8 Å². The summed E-state index contributed by atoms with van der Waals surface area (Å²) < 4.78 is 0. The Labute approximate surface area is 101 Å². The number of rotatable bonds is 1. The highest BCUT2D eigenvalue weighted by molar-refractivity contribution is 5.97. The topological polar surface area (TPSA) is 54.4 Å². The van der Waals surface area contributed by atoms with Crippen molar-refractivity contribution in [2.24, 2.45) is 11.3 Å². The molecule has 0 fully saturated rings. The molecule has 2 rings (SSSR count). The van der Waals surface area contributed by atoms with Gasteiger partial charge >= 0.3 is 0 Å². The summed E-state index contributed by atoms with van der Waals surface area (Å²) in [5.74, 6) is -0.181. The van der Waals surface area contributed by atoms with Crippen LogP contribution in [0.25, 0.3) is 0 Å². The molecule has 1 N–H and O–H groups in total. The summed E-state index contributed by atoms with van der Waals surface area (Å²) in [6.07, 6.45) is 5.33. The van der Waals surface area contributed by atoms with Crippen LogP contribution in [0.15, 0.2) is 35.1 Å². The van der Waals surface area contributed by atoms with Crippen molar-refractivity contribution in [2.45, 2.75) is 27.2 Å². The molecule has 90 valence electrons. The summed E-state index contributed by atoms with van der Waals surface area (Å²) in [6, 6.07) is 0. The van der Waals surface area contributed by atoms with E-state index in [4.69, 9.17) is 0 Å². The molecule has 0 saturated carbocycles. The summed E-state index contributed by atoms with van der Waals surface area (Å²) in [5.41, 5.74) is 0.970. The number of hydrogen-bond acceptors (Lipinski definition) is 3. The second-order valence-corrected chi connectivity index (χ2v) is 5.07. The number of aliphatic hydroxyl groups excluding tert-OH is 1. The van der Waals surface area contributed by atoms with Gasteiger partial charge in [0.05, 0.1) is 0 Å². The molecule has 0 aromatic carbocycles. The number of fused-ring (bicyclic) bond motifs is 1. The summed E-state index contributed by atoms with van der Waals surface area (Å²) >= 11 is 0. The fraction of sp³-hybridized carbons (Fsp3) is 0.429. The van der Waals surface area contributed by atoms with Crippen LogP contribution in [-0.4, -0.2) is 16.7 Å². The molecule has 0 radical (unpaired) electrons. The molecule has 0 aromatic rings. The molecular formula is C14H16O3. The van der Waals surface area contributed by atoms with Crippen molar-refractivity contribution < 1.29 is 14.7 Å². The van der Waals surface area contributed by atoms with Gasteiger partial charge in [0, 0.05) is 16.9 Å². The van der Waals surface area contributed by atoms with Crippen molar-refractivity contribution in [3.63, 3.8) is 0 Å². The molecular weight excluding hydrogens is 216 g/mol. The number of ketones is 2. The Hall–Kier alpha value is -1.64. The summed E-state index contributed by atoms with van der Waals surface area (Å²) in [5, 5.41) is 9.81. The quantitative estimate of drug-likeness (QED) is 0.755. The number of Topliss-reactive ketones (excluding diaryl/α,β-unsaturated/α-hetero) is 1. The average molecular weight is 232 g/mol. The minimum atomic E-state index is -0.376. The van der Waals surface area contributed by atoms with Gasteiger partial charge in [-0.1, -0.05) is 19.9 Å². The van der Waals surface area contributed by atoms with Gasteiger partial charge in [-0.05, 0) is 31.1 Å². The van der Waals surface area contributed by atoms with Crippen molar-refractivity contribution in [3.8, 4) is 0 Å². The first-order chi connectivity index (χ1) is 7.86. The normalized spacial score (nSPS) is 32.3. The molecule has 0 spiro atoms. The van der Waals surface area contributed by atoms with E-state index < -0.39 is 0 Å². The van der Waals surface area contributed by atoms with Crippen molar-refractivity contribution in [1.82, 2.24) is 0 Å². The molecule has 3 nitrogen and oxygen atoms in total. The van der Waals surface area contributed by atoms with E-state index in [0.717, 1.165) is 5.57 Å². The molecule has 0 heterocycles. The minimum absolute atomic E-state index is 0.0381. The third-order valence-corrected chi connectivity index (χ3v) is 4.04. The Balaban J connectivity index is 2.55. The smallest absolute Gasteiger partial charge is 0.159 e. The van der Waals surface area contributed by atoms with E-state index in [-0.39, 0.29) is 28.7 Å². The first-order valence-electron chi connectivity index (χ1n) is 5.73. The molecule has 0 aliphatic heterocycles. The van der Waals surface area contributed by atoms with Crippen LogP contribution >= 0.6 is 0 Å². The van der Waals surface area contributed by atoms with Gasteiger partial charge in [-0.15, -0.1) is 0 Å². The zero-order valence-electron chi connectivity index (χ0n) is 10.3. The molecule has 17 heavy (non-hydrogen) atoms.